The number of hydrogen-bond acceptors (Lipinski definition) is 1. The van der Waals surface area contributed by atoms with E-state index in [0.29, 0.717) is 0 Å². The van der Waals surface area contributed by atoms with Crippen molar-refractivity contribution in [1.82, 2.24) is 0 Å². The molecule has 4 heteroatoms. The van der Waals surface area contributed by atoms with E-state index >= 15 is 0 Å². The molecule has 0 heterocycles. The van der Waals surface area contributed by atoms with Crippen LogP contribution >= 0.6 is 45.8 Å². The van der Waals surface area contributed by atoms with Crippen molar-refractivity contribution < 1.29 is 5.11 Å². The normalized spacial score (nSPS) is 9.08. The minimum Gasteiger partial charge on any atom is -0.396 e. The topological polar surface area (TPSA) is 20.2 Å². The van der Waals surface area contributed by atoms with Crippen LogP contribution in [-0.4, -0.2) is 16.1 Å². The highest BCUT2D eigenvalue weighted by Gasteiger charge is 1.87. The molecule has 0 atom stereocenters. The Morgan fingerprint density at radius 3 is 1.54 bits per heavy atom. The maximum Gasteiger partial charge on any atom is 0.0440 e. The van der Waals surface area contributed by atoms with Gasteiger partial charge in [0.05, 0.1) is 0 Å². The molecular weight excluding hydrogens is 478 g/mol. The second kappa shape index (κ2) is 14.9. The summed E-state index contributed by atoms with van der Waals surface area (Å²) in [5, 5.41) is 10.00. The summed E-state index contributed by atoms with van der Waals surface area (Å²) in [7, 11) is 0. The average molecular weight is 499 g/mol. The minimum absolute atomic E-state index is 0.204. The Kier molecular flexibility index (Phi) is 13.1. The molecule has 0 radical (unpaired) electrons. The van der Waals surface area contributed by atoms with Gasteiger partial charge in [-0.15, -0.1) is 0 Å². The maximum atomic E-state index is 8.51. The van der Waals surface area contributed by atoms with Gasteiger partial charge in [0.15, 0.2) is 0 Å². The van der Waals surface area contributed by atoms with Gasteiger partial charge in [0.2, 0.25) is 0 Å². The summed E-state index contributed by atoms with van der Waals surface area (Å²) in [6, 6.07) is 15.0. The molecular formula is C22H21Cl2IO. The van der Waals surface area contributed by atoms with Gasteiger partial charge in [-0.3, -0.25) is 0 Å². The first kappa shape index (κ1) is 22.9. The van der Waals surface area contributed by atoms with Crippen LogP contribution in [0.25, 0.3) is 0 Å². The fourth-order valence-electron chi connectivity index (χ4n) is 1.72. The Balaban J connectivity index is 0.000000260. The van der Waals surface area contributed by atoms with Crippen molar-refractivity contribution in [2.45, 2.75) is 25.7 Å². The van der Waals surface area contributed by atoms with Gasteiger partial charge < -0.3 is 5.11 Å². The van der Waals surface area contributed by atoms with E-state index < -0.39 is 0 Å². The number of unbranched alkanes of at least 4 members (excludes halogenated alkanes) is 2. The fourth-order valence-corrected chi connectivity index (χ4v) is 2.35. The highest BCUT2D eigenvalue weighted by atomic mass is 127. The van der Waals surface area contributed by atoms with Gasteiger partial charge in [0, 0.05) is 45.0 Å². The van der Waals surface area contributed by atoms with Crippen molar-refractivity contribution in [2.24, 2.45) is 0 Å². The number of rotatable bonds is 4. The third-order valence-electron chi connectivity index (χ3n) is 3.05. The molecule has 0 aliphatic heterocycles. The number of benzene rings is 2. The molecule has 2 aromatic rings. The Hall–Kier alpha value is -1.17. The van der Waals surface area contributed by atoms with Crippen molar-refractivity contribution in [2.75, 3.05) is 11.0 Å². The zero-order valence-corrected chi connectivity index (χ0v) is 18.1. The van der Waals surface area contributed by atoms with E-state index in [4.69, 9.17) is 28.3 Å². The summed E-state index contributed by atoms with van der Waals surface area (Å²) >= 11 is 13.8. The van der Waals surface area contributed by atoms with Crippen molar-refractivity contribution >= 4 is 45.8 Å². The molecule has 26 heavy (non-hydrogen) atoms. The van der Waals surface area contributed by atoms with Crippen molar-refractivity contribution in [1.29, 1.82) is 0 Å². The van der Waals surface area contributed by atoms with Crippen LogP contribution in [0.3, 0.4) is 0 Å². The van der Waals surface area contributed by atoms with Crippen LogP contribution in [0.1, 0.15) is 36.8 Å². The first-order chi connectivity index (χ1) is 12.7. The summed E-state index contributed by atoms with van der Waals surface area (Å²) in [5.41, 5.74) is 2.00. The molecule has 0 bridgehead atoms. The van der Waals surface area contributed by atoms with Gasteiger partial charge in [-0.25, -0.2) is 0 Å². The number of alkyl halides is 1. The fraction of sp³-hybridized carbons (Fsp3) is 0.273. The number of hydrogen-bond donors (Lipinski definition) is 1. The Morgan fingerprint density at radius 1 is 0.731 bits per heavy atom. The van der Waals surface area contributed by atoms with Crippen LogP contribution in [0.5, 0.6) is 0 Å². The quantitative estimate of drug-likeness (QED) is 0.225. The summed E-state index contributed by atoms with van der Waals surface area (Å²) in [5.74, 6) is 12.2. The first-order valence-electron chi connectivity index (χ1n) is 8.31. The SMILES string of the molecule is Clc1ccc(C#CCCCI)cc1.OCCCC#Cc1ccc(Cl)cc1. The van der Waals surface area contributed by atoms with E-state index in [-0.39, 0.29) is 6.61 Å². The van der Waals surface area contributed by atoms with Gasteiger partial charge in [0.25, 0.3) is 0 Å². The molecule has 0 aliphatic rings. The monoisotopic (exact) mass is 498 g/mol. The summed E-state index contributed by atoms with van der Waals surface area (Å²) in [6.07, 6.45) is 3.62. The van der Waals surface area contributed by atoms with Gasteiger partial charge in [-0.2, -0.15) is 0 Å². The second-order valence-electron chi connectivity index (χ2n) is 5.24. The molecule has 2 rings (SSSR count). The predicted molar refractivity (Wildman–Crippen MR) is 121 cm³/mol. The first-order valence-corrected chi connectivity index (χ1v) is 10.6. The summed E-state index contributed by atoms with van der Waals surface area (Å²) in [6.45, 7) is 0.204. The predicted octanol–water partition coefficient (Wildman–Crippen LogP) is 6.37. The average Bonchev–Trinajstić information content (AvgIpc) is 2.66. The lowest BCUT2D eigenvalue weighted by atomic mass is 10.2. The van der Waals surface area contributed by atoms with Crippen molar-refractivity contribution in [3.05, 3.63) is 69.7 Å². The molecule has 2 aromatic carbocycles. The molecule has 0 fully saturated rings. The molecule has 1 nitrogen and oxygen atoms in total. The standard InChI is InChI=1S/C11H10ClI.C11H11ClO/c2*12-11-7-5-10(6-8-11)4-2-1-3-9-13/h5-8H,1,3,9H2;5-8,13H,1,3,9H2. The van der Waals surface area contributed by atoms with Crippen LogP contribution in [-0.2, 0) is 0 Å². The van der Waals surface area contributed by atoms with Crippen LogP contribution in [0, 0.1) is 23.7 Å². The van der Waals surface area contributed by atoms with E-state index in [0.717, 1.165) is 40.4 Å². The van der Waals surface area contributed by atoms with E-state index in [9.17, 15) is 0 Å². The van der Waals surface area contributed by atoms with Crippen LogP contribution < -0.4 is 0 Å². The zero-order valence-electron chi connectivity index (χ0n) is 14.4. The number of aliphatic hydroxyl groups excluding tert-OH is 1. The molecule has 0 saturated heterocycles. The van der Waals surface area contributed by atoms with Gasteiger partial charge in [0.1, 0.15) is 0 Å². The third-order valence-corrected chi connectivity index (χ3v) is 4.32. The summed E-state index contributed by atoms with van der Waals surface area (Å²) in [4.78, 5) is 0. The Bertz CT molecular complexity index is 680. The Labute approximate surface area is 180 Å². The highest BCUT2D eigenvalue weighted by molar-refractivity contribution is 14.1. The smallest absolute Gasteiger partial charge is 0.0440 e. The largest absolute Gasteiger partial charge is 0.396 e. The summed E-state index contributed by atoms with van der Waals surface area (Å²) < 4.78 is 1.17. The lowest BCUT2D eigenvalue weighted by Gasteiger charge is -1.89. The molecule has 136 valence electrons. The van der Waals surface area contributed by atoms with E-state index in [2.05, 4.69) is 46.3 Å². The second-order valence-corrected chi connectivity index (χ2v) is 7.19. The van der Waals surface area contributed by atoms with Crippen LogP contribution in [0.2, 0.25) is 10.0 Å². The molecule has 0 aliphatic carbocycles. The van der Waals surface area contributed by atoms with E-state index in [1.54, 1.807) is 0 Å². The molecule has 0 amide bonds. The Morgan fingerprint density at radius 2 is 1.15 bits per heavy atom. The lowest BCUT2D eigenvalue weighted by Crippen LogP contribution is -1.79. The molecule has 0 aromatic heterocycles. The zero-order chi connectivity index (χ0) is 19.0. The minimum atomic E-state index is 0.204. The van der Waals surface area contributed by atoms with Gasteiger partial charge in [-0.1, -0.05) is 69.5 Å². The lowest BCUT2D eigenvalue weighted by molar-refractivity contribution is 0.290. The molecule has 0 unspecified atom stereocenters. The highest BCUT2D eigenvalue weighted by Crippen LogP contribution is 2.09. The molecule has 1 N–H and O–H groups in total. The van der Waals surface area contributed by atoms with Crippen molar-refractivity contribution in [3.63, 3.8) is 0 Å². The van der Waals surface area contributed by atoms with Crippen LogP contribution in [0.15, 0.2) is 48.5 Å². The van der Waals surface area contributed by atoms with Gasteiger partial charge >= 0.3 is 0 Å². The maximum absolute atomic E-state index is 8.51. The van der Waals surface area contributed by atoms with Crippen molar-refractivity contribution in [3.8, 4) is 23.7 Å². The van der Waals surface area contributed by atoms with E-state index in [1.807, 2.05) is 48.5 Å². The van der Waals surface area contributed by atoms with Crippen LogP contribution in [0.4, 0.5) is 0 Å². The number of aliphatic hydroxyl groups is 1. The molecule has 0 spiro atoms. The number of halogens is 3. The van der Waals surface area contributed by atoms with Gasteiger partial charge in [-0.05, 0) is 61.4 Å². The van der Waals surface area contributed by atoms with E-state index in [1.165, 1.54) is 10.8 Å². The molecule has 0 saturated carbocycles. The third kappa shape index (κ3) is 11.4.